The van der Waals surface area contributed by atoms with E-state index >= 15 is 0 Å². The van der Waals surface area contributed by atoms with Crippen molar-refractivity contribution < 1.29 is 17.9 Å². The number of aryl methyl sites for hydroxylation is 1. The van der Waals surface area contributed by atoms with Crippen LogP contribution >= 0.6 is 0 Å². The molecule has 14 heavy (non-hydrogen) atoms. The summed E-state index contributed by atoms with van der Waals surface area (Å²) in [6.45, 7) is 0.536. The molecule has 5 heteroatoms. The maximum absolute atomic E-state index is 11.8. The molecule has 0 unspecified atom stereocenters. The fourth-order valence-electron chi connectivity index (χ4n) is 0.973. The standard InChI is InChI=1S/C9H10F3NO/c1-2-7-4-3-5-13-8(7)14-6-9(10,11)12/h3-5H,2,6H2,1H3. The summed E-state index contributed by atoms with van der Waals surface area (Å²) in [7, 11) is 0. The molecule has 0 aliphatic heterocycles. The van der Waals surface area contributed by atoms with Crippen molar-refractivity contribution in [3.63, 3.8) is 0 Å². The molecular weight excluding hydrogens is 195 g/mol. The Morgan fingerprint density at radius 3 is 2.71 bits per heavy atom. The van der Waals surface area contributed by atoms with E-state index < -0.39 is 12.8 Å². The zero-order valence-electron chi connectivity index (χ0n) is 7.64. The van der Waals surface area contributed by atoms with Crippen LogP contribution in [0, 0.1) is 0 Å². The molecule has 0 aromatic carbocycles. The lowest BCUT2D eigenvalue weighted by atomic mass is 10.2. The monoisotopic (exact) mass is 205 g/mol. The summed E-state index contributed by atoms with van der Waals surface area (Å²) >= 11 is 0. The van der Waals surface area contributed by atoms with E-state index in [1.54, 1.807) is 12.1 Å². The maximum Gasteiger partial charge on any atom is 0.422 e. The number of alkyl halides is 3. The minimum atomic E-state index is -4.32. The summed E-state index contributed by atoms with van der Waals surface area (Å²) in [5.74, 6) is 0.0623. The first-order valence-corrected chi connectivity index (χ1v) is 4.16. The Hall–Kier alpha value is -1.26. The van der Waals surface area contributed by atoms with Gasteiger partial charge in [0.05, 0.1) is 0 Å². The predicted molar refractivity (Wildman–Crippen MR) is 45.2 cm³/mol. The lowest BCUT2D eigenvalue weighted by Gasteiger charge is -2.10. The van der Waals surface area contributed by atoms with Gasteiger partial charge in [0.15, 0.2) is 6.61 Å². The zero-order chi connectivity index (χ0) is 10.6. The summed E-state index contributed by atoms with van der Waals surface area (Å²) in [4.78, 5) is 3.73. The van der Waals surface area contributed by atoms with E-state index in [2.05, 4.69) is 9.72 Å². The molecule has 0 radical (unpaired) electrons. The molecule has 0 spiro atoms. The van der Waals surface area contributed by atoms with Gasteiger partial charge in [0.2, 0.25) is 5.88 Å². The van der Waals surface area contributed by atoms with Crippen molar-refractivity contribution in [2.24, 2.45) is 0 Å². The smallest absolute Gasteiger partial charge is 0.422 e. The van der Waals surface area contributed by atoms with Gasteiger partial charge in [-0.25, -0.2) is 4.98 Å². The van der Waals surface area contributed by atoms with Gasteiger partial charge in [-0.1, -0.05) is 13.0 Å². The number of aromatic nitrogens is 1. The third kappa shape index (κ3) is 3.24. The fourth-order valence-corrected chi connectivity index (χ4v) is 0.973. The minimum Gasteiger partial charge on any atom is -0.468 e. The fraction of sp³-hybridized carbons (Fsp3) is 0.444. The van der Waals surface area contributed by atoms with Gasteiger partial charge in [0.25, 0.3) is 0 Å². The molecule has 0 amide bonds. The van der Waals surface area contributed by atoms with Crippen LogP contribution in [-0.2, 0) is 6.42 Å². The molecule has 2 nitrogen and oxygen atoms in total. The molecule has 1 aromatic heterocycles. The van der Waals surface area contributed by atoms with Crippen molar-refractivity contribution in [1.29, 1.82) is 0 Å². The van der Waals surface area contributed by atoms with E-state index in [0.717, 1.165) is 0 Å². The summed E-state index contributed by atoms with van der Waals surface area (Å²) in [6.07, 6.45) is -2.31. The summed E-state index contributed by atoms with van der Waals surface area (Å²) in [5.41, 5.74) is 0.678. The molecule has 1 aromatic rings. The van der Waals surface area contributed by atoms with Crippen molar-refractivity contribution in [3.8, 4) is 5.88 Å². The quantitative estimate of drug-likeness (QED) is 0.756. The van der Waals surface area contributed by atoms with Crippen LogP contribution < -0.4 is 4.74 Å². The maximum atomic E-state index is 11.8. The summed E-state index contributed by atoms with van der Waals surface area (Å²) in [6, 6.07) is 3.36. The van der Waals surface area contributed by atoms with E-state index in [4.69, 9.17) is 0 Å². The third-order valence-corrected chi connectivity index (χ3v) is 1.60. The summed E-state index contributed by atoms with van der Waals surface area (Å²) < 4.78 is 40.0. The number of pyridine rings is 1. The zero-order valence-corrected chi connectivity index (χ0v) is 7.64. The second-order valence-electron chi connectivity index (χ2n) is 2.73. The number of hydrogen-bond donors (Lipinski definition) is 0. The van der Waals surface area contributed by atoms with Crippen LogP contribution in [0.4, 0.5) is 13.2 Å². The van der Waals surface area contributed by atoms with Gasteiger partial charge in [0.1, 0.15) is 0 Å². The van der Waals surface area contributed by atoms with E-state index in [0.29, 0.717) is 12.0 Å². The molecule has 0 bridgehead atoms. The molecule has 0 atom stereocenters. The number of halogens is 3. The van der Waals surface area contributed by atoms with Gasteiger partial charge in [-0.05, 0) is 12.5 Å². The Labute approximate surface area is 79.7 Å². The van der Waals surface area contributed by atoms with Crippen molar-refractivity contribution in [2.45, 2.75) is 19.5 Å². The Bertz CT molecular complexity index is 298. The van der Waals surface area contributed by atoms with Crippen LogP contribution in [0.2, 0.25) is 0 Å². The van der Waals surface area contributed by atoms with Crippen LogP contribution in [0.1, 0.15) is 12.5 Å². The minimum absolute atomic E-state index is 0.0623. The largest absolute Gasteiger partial charge is 0.468 e. The van der Waals surface area contributed by atoms with Crippen molar-refractivity contribution in [2.75, 3.05) is 6.61 Å². The molecule has 1 heterocycles. The first-order valence-electron chi connectivity index (χ1n) is 4.16. The van der Waals surface area contributed by atoms with E-state index in [1.807, 2.05) is 6.92 Å². The molecule has 0 saturated heterocycles. The van der Waals surface area contributed by atoms with Gasteiger partial charge < -0.3 is 4.74 Å². The number of nitrogens with zero attached hydrogens (tertiary/aromatic N) is 1. The van der Waals surface area contributed by atoms with Crippen LogP contribution in [-0.4, -0.2) is 17.8 Å². The third-order valence-electron chi connectivity index (χ3n) is 1.60. The Kier molecular flexibility index (Phi) is 3.33. The van der Waals surface area contributed by atoms with Crippen LogP contribution in [0.5, 0.6) is 5.88 Å². The number of rotatable bonds is 3. The van der Waals surface area contributed by atoms with Gasteiger partial charge in [-0.3, -0.25) is 0 Å². The van der Waals surface area contributed by atoms with Gasteiger partial charge in [-0.15, -0.1) is 0 Å². The van der Waals surface area contributed by atoms with Crippen molar-refractivity contribution in [1.82, 2.24) is 4.98 Å². The van der Waals surface area contributed by atoms with Crippen LogP contribution in [0.3, 0.4) is 0 Å². The molecule has 0 N–H and O–H groups in total. The highest BCUT2D eigenvalue weighted by atomic mass is 19.4. The van der Waals surface area contributed by atoms with Crippen molar-refractivity contribution in [3.05, 3.63) is 23.9 Å². The Balaban J connectivity index is 2.67. The first-order chi connectivity index (χ1) is 6.53. The van der Waals surface area contributed by atoms with Gasteiger partial charge >= 0.3 is 6.18 Å². The normalized spacial score (nSPS) is 11.4. The average molecular weight is 205 g/mol. The molecular formula is C9H10F3NO. The van der Waals surface area contributed by atoms with E-state index in [9.17, 15) is 13.2 Å². The molecule has 0 fully saturated rings. The molecule has 0 aliphatic carbocycles. The number of ether oxygens (including phenoxy) is 1. The highest BCUT2D eigenvalue weighted by Crippen LogP contribution is 2.19. The van der Waals surface area contributed by atoms with Crippen LogP contribution in [0.15, 0.2) is 18.3 Å². The highest BCUT2D eigenvalue weighted by Gasteiger charge is 2.28. The average Bonchev–Trinajstić information content (AvgIpc) is 2.14. The Morgan fingerprint density at radius 2 is 2.14 bits per heavy atom. The molecule has 1 rings (SSSR count). The highest BCUT2D eigenvalue weighted by molar-refractivity contribution is 5.25. The molecule has 0 saturated carbocycles. The lowest BCUT2D eigenvalue weighted by Crippen LogP contribution is -2.20. The predicted octanol–water partition coefficient (Wildman–Crippen LogP) is 2.59. The van der Waals surface area contributed by atoms with Gasteiger partial charge in [-0.2, -0.15) is 13.2 Å². The van der Waals surface area contributed by atoms with Gasteiger partial charge in [0, 0.05) is 11.8 Å². The summed E-state index contributed by atoms with van der Waals surface area (Å²) in [5, 5.41) is 0. The van der Waals surface area contributed by atoms with E-state index in [-0.39, 0.29) is 5.88 Å². The van der Waals surface area contributed by atoms with Crippen LogP contribution in [0.25, 0.3) is 0 Å². The molecule has 0 aliphatic rings. The Morgan fingerprint density at radius 1 is 1.43 bits per heavy atom. The number of hydrogen-bond acceptors (Lipinski definition) is 2. The second-order valence-corrected chi connectivity index (χ2v) is 2.73. The van der Waals surface area contributed by atoms with E-state index in [1.165, 1.54) is 6.20 Å². The van der Waals surface area contributed by atoms with Crippen molar-refractivity contribution >= 4 is 0 Å². The second kappa shape index (κ2) is 4.30. The topological polar surface area (TPSA) is 22.1 Å². The lowest BCUT2D eigenvalue weighted by molar-refractivity contribution is -0.154. The molecule has 78 valence electrons. The first kappa shape index (κ1) is 10.8. The SMILES string of the molecule is CCc1cccnc1OCC(F)(F)F.